The van der Waals surface area contributed by atoms with Gasteiger partial charge in [0.2, 0.25) is 5.69 Å². The zero-order chi connectivity index (χ0) is 16.8. The van der Waals surface area contributed by atoms with Gasteiger partial charge in [-0.05, 0) is 30.3 Å². The molecule has 0 atom stereocenters. The van der Waals surface area contributed by atoms with E-state index in [4.69, 9.17) is 0 Å². The highest BCUT2D eigenvalue weighted by atomic mass is 79.9. The van der Waals surface area contributed by atoms with Crippen LogP contribution in [0.25, 0.3) is 0 Å². The Kier molecular flexibility index (Phi) is 3.63. The minimum absolute atomic E-state index is 0.0547. The van der Waals surface area contributed by atoms with E-state index < -0.39 is 17.9 Å². The zero-order valence-electron chi connectivity index (χ0n) is 11.2. The Morgan fingerprint density at radius 1 is 1.13 bits per heavy atom. The highest BCUT2D eigenvalue weighted by molar-refractivity contribution is 9.10. The first-order valence-electron chi connectivity index (χ1n) is 6.31. The molecule has 0 saturated carbocycles. The van der Waals surface area contributed by atoms with Crippen molar-refractivity contribution >= 4 is 33.1 Å². The molecule has 0 aliphatic carbocycles. The molecular formula is C15H7BrF3NO3. The number of rotatable bonds is 2. The number of carbonyl (C=O) groups is 1. The van der Waals surface area contributed by atoms with Gasteiger partial charge in [0, 0.05) is 10.5 Å². The minimum atomic E-state index is -4.85. The van der Waals surface area contributed by atoms with E-state index in [0.29, 0.717) is 9.21 Å². The van der Waals surface area contributed by atoms with E-state index in [2.05, 4.69) is 20.7 Å². The van der Waals surface area contributed by atoms with Gasteiger partial charge in [-0.25, -0.2) is 0 Å². The third-order valence-electron chi connectivity index (χ3n) is 3.18. The molecule has 0 spiro atoms. The number of fused-ring (bicyclic) bond motifs is 1. The highest BCUT2D eigenvalue weighted by Crippen LogP contribution is 2.31. The van der Waals surface area contributed by atoms with Crippen LogP contribution in [-0.4, -0.2) is 22.6 Å². The molecule has 0 fully saturated rings. The largest absolute Gasteiger partial charge is 0.618 e. The number of benzene rings is 2. The van der Waals surface area contributed by atoms with Crippen LogP contribution in [0.2, 0.25) is 0 Å². The van der Waals surface area contributed by atoms with Crippen molar-refractivity contribution in [3.8, 4) is 5.75 Å². The molecule has 2 aromatic rings. The maximum Gasteiger partial charge on any atom is 0.573 e. The summed E-state index contributed by atoms with van der Waals surface area (Å²) in [5, 5.41) is 12.3. The third-order valence-corrected chi connectivity index (χ3v) is 3.67. The number of hydrogen-bond acceptors (Lipinski definition) is 3. The van der Waals surface area contributed by atoms with E-state index in [9.17, 15) is 23.2 Å². The number of Topliss-reactive ketones (excluding diaryl/α,β-unsaturated/α-hetero) is 1. The summed E-state index contributed by atoms with van der Waals surface area (Å²) in [7, 11) is 0. The fraction of sp³-hybridized carbons (Fsp3) is 0.0667. The van der Waals surface area contributed by atoms with Crippen molar-refractivity contribution < 1.29 is 27.4 Å². The number of alkyl halides is 3. The molecule has 0 amide bonds. The minimum Gasteiger partial charge on any atom is -0.618 e. The molecule has 1 aliphatic rings. The maximum absolute atomic E-state index is 12.4. The Morgan fingerprint density at radius 2 is 1.87 bits per heavy atom. The van der Waals surface area contributed by atoms with E-state index in [1.807, 2.05) is 0 Å². The maximum atomic E-state index is 12.4. The van der Waals surface area contributed by atoms with E-state index in [0.717, 1.165) is 12.1 Å². The van der Waals surface area contributed by atoms with Gasteiger partial charge in [-0.1, -0.05) is 22.0 Å². The number of carbonyl (C=O) groups excluding carboxylic acids is 1. The van der Waals surface area contributed by atoms with Crippen molar-refractivity contribution in [2.75, 3.05) is 0 Å². The molecule has 1 heterocycles. The van der Waals surface area contributed by atoms with Gasteiger partial charge in [0.25, 0.3) is 11.5 Å². The van der Waals surface area contributed by atoms with Gasteiger partial charge in [-0.2, -0.15) is 4.74 Å². The Hall–Kier alpha value is -2.35. The van der Waals surface area contributed by atoms with E-state index >= 15 is 0 Å². The van der Waals surface area contributed by atoms with E-state index in [1.165, 1.54) is 24.3 Å². The number of halogens is 4. The fourth-order valence-electron chi connectivity index (χ4n) is 2.30. The predicted molar refractivity (Wildman–Crippen MR) is 79.0 cm³/mol. The quantitative estimate of drug-likeness (QED) is 0.575. The smallest absolute Gasteiger partial charge is 0.573 e. The molecule has 3 rings (SSSR count). The standard InChI is InChI=1S/C15H7BrF3NO3/c16-9-4-5-12-11(7-9)14(21)13(20(12)22)8-2-1-3-10(6-8)23-15(17,18)19/h1-7H. The Bertz CT molecular complexity index is 846. The fourth-order valence-corrected chi connectivity index (χ4v) is 2.66. The molecule has 0 saturated heterocycles. The molecule has 8 heteroatoms. The molecule has 2 aromatic carbocycles. The van der Waals surface area contributed by atoms with Crippen molar-refractivity contribution in [3.63, 3.8) is 0 Å². The second-order valence-corrected chi connectivity index (χ2v) is 5.62. The highest BCUT2D eigenvalue weighted by Gasteiger charge is 2.37. The lowest BCUT2D eigenvalue weighted by atomic mass is 10.0. The summed E-state index contributed by atoms with van der Waals surface area (Å²) in [5.74, 6) is -1.05. The Balaban J connectivity index is 2.05. The van der Waals surface area contributed by atoms with Crippen LogP contribution in [0.4, 0.5) is 18.9 Å². The lowest BCUT2D eigenvalue weighted by Crippen LogP contribution is -2.19. The van der Waals surface area contributed by atoms with Gasteiger partial charge in [-0.15, -0.1) is 13.2 Å². The van der Waals surface area contributed by atoms with Crippen LogP contribution in [-0.2, 0) is 0 Å². The van der Waals surface area contributed by atoms with Crippen molar-refractivity contribution in [2.45, 2.75) is 6.36 Å². The van der Waals surface area contributed by atoms with E-state index in [-0.39, 0.29) is 22.5 Å². The van der Waals surface area contributed by atoms with Crippen molar-refractivity contribution in [1.29, 1.82) is 0 Å². The first-order chi connectivity index (χ1) is 10.8. The summed E-state index contributed by atoms with van der Waals surface area (Å²) < 4.78 is 41.7. The first kappa shape index (κ1) is 15.5. The van der Waals surface area contributed by atoms with Crippen LogP contribution in [0, 0.1) is 5.21 Å². The molecule has 0 bridgehead atoms. The van der Waals surface area contributed by atoms with Gasteiger partial charge in [-0.3, -0.25) is 4.79 Å². The summed E-state index contributed by atoms with van der Waals surface area (Å²) >= 11 is 3.21. The summed E-state index contributed by atoms with van der Waals surface area (Å²) in [5.41, 5.74) is 0.145. The van der Waals surface area contributed by atoms with Gasteiger partial charge in [0.05, 0.1) is 5.56 Å². The van der Waals surface area contributed by atoms with Crippen LogP contribution in [0.3, 0.4) is 0 Å². The topological polar surface area (TPSA) is 52.4 Å². The average Bonchev–Trinajstić information content (AvgIpc) is 2.69. The Labute approximate surface area is 136 Å². The molecule has 0 radical (unpaired) electrons. The first-order valence-corrected chi connectivity index (χ1v) is 7.10. The molecule has 0 aromatic heterocycles. The number of ketones is 1. The summed E-state index contributed by atoms with van der Waals surface area (Å²) in [6.45, 7) is 0. The molecule has 0 N–H and O–H groups in total. The Morgan fingerprint density at radius 3 is 2.57 bits per heavy atom. The predicted octanol–water partition coefficient (Wildman–Crippen LogP) is 4.18. The van der Waals surface area contributed by atoms with Gasteiger partial charge < -0.3 is 9.94 Å². The van der Waals surface area contributed by atoms with Crippen LogP contribution < -0.4 is 4.74 Å². The van der Waals surface area contributed by atoms with Crippen LogP contribution in [0.1, 0.15) is 15.9 Å². The second-order valence-electron chi connectivity index (χ2n) is 4.71. The van der Waals surface area contributed by atoms with Crippen LogP contribution in [0.5, 0.6) is 5.75 Å². The van der Waals surface area contributed by atoms with Crippen LogP contribution in [0.15, 0.2) is 46.9 Å². The number of hydrogen-bond donors (Lipinski definition) is 0. The monoisotopic (exact) mass is 385 g/mol. The lowest BCUT2D eigenvalue weighted by Gasteiger charge is -2.09. The van der Waals surface area contributed by atoms with Crippen molar-refractivity contribution in [3.05, 3.63) is 63.3 Å². The van der Waals surface area contributed by atoms with Gasteiger partial charge >= 0.3 is 6.36 Å². The number of ether oxygens (including phenoxy) is 1. The lowest BCUT2D eigenvalue weighted by molar-refractivity contribution is -0.355. The summed E-state index contributed by atoms with van der Waals surface area (Å²) in [4.78, 5) is 12.4. The average molecular weight is 386 g/mol. The molecule has 118 valence electrons. The SMILES string of the molecule is O=C1C(c2cccc(OC(F)(F)F)c2)=[N+]([O-])c2ccc(Br)cc21. The molecule has 1 aliphatic heterocycles. The normalized spacial score (nSPS) is 14.2. The molecular weight excluding hydrogens is 379 g/mol. The summed E-state index contributed by atoms with van der Waals surface area (Å²) in [6, 6.07) is 9.32. The van der Waals surface area contributed by atoms with Crippen molar-refractivity contribution in [1.82, 2.24) is 0 Å². The van der Waals surface area contributed by atoms with E-state index in [1.54, 1.807) is 6.07 Å². The molecule has 4 nitrogen and oxygen atoms in total. The number of nitrogens with zero attached hydrogens (tertiary/aromatic N) is 1. The third kappa shape index (κ3) is 2.94. The second kappa shape index (κ2) is 5.38. The van der Waals surface area contributed by atoms with Crippen molar-refractivity contribution in [2.24, 2.45) is 0 Å². The zero-order valence-corrected chi connectivity index (χ0v) is 12.8. The molecule has 23 heavy (non-hydrogen) atoms. The summed E-state index contributed by atoms with van der Waals surface area (Å²) in [6.07, 6.45) is -4.85. The van der Waals surface area contributed by atoms with Crippen LogP contribution >= 0.6 is 15.9 Å². The molecule has 0 unspecified atom stereocenters. The van der Waals surface area contributed by atoms with Gasteiger partial charge in [0.1, 0.15) is 11.3 Å². The van der Waals surface area contributed by atoms with Gasteiger partial charge in [0.15, 0.2) is 0 Å².